The molecule has 0 saturated carbocycles. The van der Waals surface area contributed by atoms with Crippen molar-refractivity contribution in [2.45, 2.75) is 33.4 Å². The predicted octanol–water partition coefficient (Wildman–Crippen LogP) is 3.03. The third-order valence-electron chi connectivity index (χ3n) is 2.66. The topological polar surface area (TPSA) is 55.9 Å². The minimum atomic E-state index is 0.302. The zero-order valence-electron chi connectivity index (χ0n) is 10.4. The number of nitrogens with one attached hydrogen (secondary N) is 1. The van der Waals surface area contributed by atoms with Crippen LogP contribution in [0.2, 0.25) is 0 Å². The summed E-state index contributed by atoms with van der Waals surface area (Å²) in [4.78, 5) is 0. The van der Waals surface area contributed by atoms with Gasteiger partial charge in [0, 0.05) is 12.6 Å². The van der Waals surface area contributed by atoms with Gasteiger partial charge in [0.15, 0.2) is 0 Å². The van der Waals surface area contributed by atoms with Crippen LogP contribution in [0, 0.1) is 6.92 Å². The van der Waals surface area contributed by atoms with E-state index in [1.54, 1.807) is 11.3 Å². The standard InChI is InChI=1S/C12H18N4S/c1-8(2)16-12(11(13)9(3)15-16)14-6-10-4-5-17-7-10/h4-5,7-8,14H,6,13H2,1-3H3. The Bertz CT molecular complexity index is 485. The molecule has 2 aromatic heterocycles. The maximum absolute atomic E-state index is 6.04. The molecule has 0 bridgehead atoms. The van der Waals surface area contributed by atoms with Crippen LogP contribution in [0.3, 0.4) is 0 Å². The molecule has 0 atom stereocenters. The average molecular weight is 250 g/mol. The van der Waals surface area contributed by atoms with Gasteiger partial charge in [0.2, 0.25) is 0 Å². The number of rotatable bonds is 4. The van der Waals surface area contributed by atoms with Crippen LogP contribution in [-0.4, -0.2) is 9.78 Å². The van der Waals surface area contributed by atoms with Gasteiger partial charge in [-0.1, -0.05) is 0 Å². The lowest BCUT2D eigenvalue weighted by atomic mass is 10.3. The Morgan fingerprint density at radius 1 is 1.53 bits per heavy atom. The summed E-state index contributed by atoms with van der Waals surface area (Å²) in [5, 5.41) is 12.0. The van der Waals surface area contributed by atoms with Crippen LogP contribution in [0.4, 0.5) is 11.5 Å². The lowest BCUT2D eigenvalue weighted by molar-refractivity contribution is 0.534. The summed E-state index contributed by atoms with van der Waals surface area (Å²) in [5.41, 5.74) is 8.93. The van der Waals surface area contributed by atoms with E-state index in [9.17, 15) is 0 Å². The van der Waals surface area contributed by atoms with Crippen LogP contribution in [0.25, 0.3) is 0 Å². The molecule has 4 nitrogen and oxygen atoms in total. The van der Waals surface area contributed by atoms with Gasteiger partial charge in [0.05, 0.1) is 11.4 Å². The van der Waals surface area contributed by atoms with Crippen molar-refractivity contribution in [3.05, 3.63) is 28.1 Å². The summed E-state index contributed by atoms with van der Waals surface area (Å²) < 4.78 is 1.94. The molecule has 2 heterocycles. The molecule has 0 aliphatic carbocycles. The van der Waals surface area contributed by atoms with Gasteiger partial charge >= 0.3 is 0 Å². The first-order chi connectivity index (χ1) is 8.09. The highest BCUT2D eigenvalue weighted by Crippen LogP contribution is 2.26. The van der Waals surface area contributed by atoms with Crippen LogP contribution in [0.1, 0.15) is 31.1 Å². The summed E-state index contributed by atoms with van der Waals surface area (Å²) in [5.74, 6) is 0.920. The molecule has 0 spiro atoms. The van der Waals surface area contributed by atoms with Crippen molar-refractivity contribution in [3.8, 4) is 0 Å². The molecule has 0 saturated heterocycles. The van der Waals surface area contributed by atoms with Crippen LogP contribution in [0.15, 0.2) is 16.8 Å². The SMILES string of the molecule is Cc1nn(C(C)C)c(NCc2ccsc2)c1N. The third-order valence-corrected chi connectivity index (χ3v) is 3.39. The fourth-order valence-electron chi connectivity index (χ4n) is 1.69. The molecule has 2 rings (SSSR count). The number of hydrogen-bond acceptors (Lipinski definition) is 4. The van der Waals surface area contributed by atoms with Gasteiger partial charge in [-0.25, -0.2) is 4.68 Å². The molecule has 0 radical (unpaired) electrons. The second-order valence-corrected chi connectivity index (χ2v) is 5.15. The van der Waals surface area contributed by atoms with Gasteiger partial charge in [-0.05, 0) is 43.2 Å². The van der Waals surface area contributed by atoms with Crippen LogP contribution in [-0.2, 0) is 6.54 Å². The summed E-state index contributed by atoms with van der Waals surface area (Å²) >= 11 is 1.70. The molecule has 0 aliphatic heterocycles. The molecule has 92 valence electrons. The van der Waals surface area contributed by atoms with Crippen molar-refractivity contribution < 1.29 is 0 Å². The maximum Gasteiger partial charge on any atom is 0.148 e. The fourth-order valence-corrected chi connectivity index (χ4v) is 2.36. The summed E-state index contributed by atoms with van der Waals surface area (Å²) in [6.07, 6.45) is 0. The summed E-state index contributed by atoms with van der Waals surface area (Å²) in [6.45, 7) is 6.92. The Morgan fingerprint density at radius 2 is 2.29 bits per heavy atom. The van der Waals surface area contributed by atoms with Crippen molar-refractivity contribution in [2.75, 3.05) is 11.1 Å². The Labute approximate surface area is 105 Å². The van der Waals surface area contributed by atoms with Crippen molar-refractivity contribution >= 4 is 22.8 Å². The zero-order chi connectivity index (χ0) is 12.4. The van der Waals surface area contributed by atoms with Gasteiger partial charge in [-0.3, -0.25) is 0 Å². The monoisotopic (exact) mass is 250 g/mol. The Kier molecular flexibility index (Phi) is 3.38. The Hall–Kier alpha value is -1.49. The van der Waals surface area contributed by atoms with E-state index in [4.69, 9.17) is 5.73 Å². The second kappa shape index (κ2) is 4.79. The van der Waals surface area contributed by atoms with Gasteiger partial charge < -0.3 is 11.1 Å². The highest BCUT2D eigenvalue weighted by atomic mass is 32.1. The van der Waals surface area contributed by atoms with E-state index in [0.29, 0.717) is 6.04 Å². The van der Waals surface area contributed by atoms with Crippen LogP contribution < -0.4 is 11.1 Å². The number of aromatic nitrogens is 2. The third kappa shape index (κ3) is 2.44. The molecule has 0 unspecified atom stereocenters. The molecule has 5 heteroatoms. The summed E-state index contributed by atoms with van der Waals surface area (Å²) in [7, 11) is 0. The van der Waals surface area contributed by atoms with E-state index in [0.717, 1.165) is 23.7 Å². The van der Waals surface area contributed by atoms with Crippen LogP contribution in [0.5, 0.6) is 0 Å². The lowest BCUT2D eigenvalue weighted by Gasteiger charge is -2.12. The van der Waals surface area contributed by atoms with Crippen molar-refractivity contribution in [3.63, 3.8) is 0 Å². The van der Waals surface area contributed by atoms with E-state index in [1.165, 1.54) is 5.56 Å². The Morgan fingerprint density at radius 3 is 2.88 bits per heavy atom. The molecule has 0 aromatic carbocycles. The van der Waals surface area contributed by atoms with Crippen LogP contribution >= 0.6 is 11.3 Å². The van der Waals surface area contributed by atoms with E-state index in [2.05, 4.69) is 41.1 Å². The molecule has 0 aliphatic rings. The molecular weight excluding hydrogens is 232 g/mol. The second-order valence-electron chi connectivity index (χ2n) is 4.37. The molecular formula is C12H18N4S. The number of nitrogens with zero attached hydrogens (tertiary/aromatic N) is 2. The van der Waals surface area contributed by atoms with Crippen molar-refractivity contribution in [1.82, 2.24) is 9.78 Å². The summed E-state index contributed by atoms with van der Waals surface area (Å²) in [6, 6.07) is 2.41. The first-order valence-electron chi connectivity index (χ1n) is 5.69. The fraction of sp³-hybridized carbons (Fsp3) is 0.417. The van der Waals surface area contributed by atoms with Gasteiger partial charge in [-0.15, -0.1) is 0 Å². The maximum atomic E-state index is 6.04. The molecule has 0 amide bonds. The minimum Gasteiger partial charge on any atom is -0.394 e. The molecule has 2 aromatic rings. The highest BCUT2D eigenvalue weighted by Gasteiger charge is 2.14. The number of anilines is 2. The largest absolute Gasteiger partial charge is 0.394 e. The average Bonchev–Trinajstić information content (AvgIpc) is 2.87. The minimum absolute atomic E-state index is 0.302. The lowest BCUT2D eigenvalue weighted by Crippen LogP contribution is -2.10. The van der Waals surface area contributed by atoms with Gasteiger partial charge in [0.1, 0.15) is 5.82 Å². The zero-order valence-corrected chi connectivity index (χ0v) is 11.2. The first kappa shape index (κ1) is 12.0. The highest BCUT2D eigenvalue weighted by molar-refractivity contribution is 7.07. The number of aryl methyl sites for hydroxylation is 1. The van der Waals surface area contributed by atoms with Crippen molar-refractivity contribution in [2.24, 2.45) is 0 Å². The van der Waals surface area contributed by atoms with Gasteiger partial charge in [0.25, 0.3) is 0 Å². The van der Waals surface area contributed by atoms with Gasteiger partial charge in [-0.2, -0.15) is 16.4 Å². The molecule has 0 fully saturated rings. The van der Waals surface area contributed by atoms with Crippen molar-refractivity contribution in [1.29, 1.82) is 0 Å². The van der Waals surface area contributed by atoms with E-state index >= 15 is 0 Å². The molecule has 3 N–H and O–H groups in total. The smallest absolute Gasteiger partial charge is 0.148 e. The van der Waals surface area contributed by atoms with E-state index in [1.807, 2.05) is 11.6 Å². The normalized spacial score (nSPS) is 11.1. The van der Waals surface area contributed by atoms with E-state index in [-0.39, 0.29) is 0 Å². The first-order valence-corrected chi connectivity index (χ1v) is 6.63. The molecule has 17 heavy (non-hydrogen) atoms. The number of nitrogens with two attached hydrogens (primary N) is 1. The quantitative estimate of drug-likeness (QED) is 0.877. The predicted molar refractivity (Wildman–Crippen MR) is 73.4 cm³/mol. The number of thiophene rings is 1. The number of hydrogen-bond donors (Lipinski definition) is 2. The number of nitrogen functional groups attached to an aromatic ring is 1. The van der Waals surface area contributed by atoms with E-state index < -0.39 is 0 Å². The Balaban J connectivity index is 2.19.